The van der Waals surface area contributed by atoms with Gasteiger partial charge in [0.1, 0.15) is 10.8 Å². The molecule has 0 amide bonds. The van der Waals surface area contributed by atoms with Crippen molar-refractivity contribution in [1.29, 1.82) is 0 Å². The lowest BCUT2D eigenvalue weighted by Gasteiger charge is -2.17. The topological polar surface area (TPSA) is 59.5 Å². The molecule has 0 aliphatic carbocycles. The maximum absolute atomic E-state index is 5.30. The van der Waals surface area contributed by atoms with Gasteiger partial charge in [0.15, 0.2) is 5.82 Å². The molecule has 0 aromatic carbocycles. The summed E-state index contributed by atoms with van der Waals surface area (Å²) in [5.74, 6) is 1.75. The molecule has 0 atom stereocenters. The van der Waals surface area contributed by atoms with E-state index in [-0.39, 0.29) is 0 Å². The zero-order valence-corrected chi connectivity index (χ0v) is 13.7. The number of rotatable bonds is 4. The first-order valence-electron chi connectivity index (χ1n) is 8.03. The number of hydrogen-bond acceptors (Lipinski definition) is 6. The SMILES string of the molecule is C(=Cc1nn2c(CN3CCCCCC3)nnc2s1)c1ccco1. The Morgan fingerprint density at radius 2 is 2.00 bits per heavy atom. The van der Waals surface area contributed by atoms with Crippen LogP contribution in [-0.2, 0) is 6.54 Å². The van der Waals surface area contributed by atoms with Crippen LogP contribution >= 0.6 is 11.3 Å². The molecule has 3 aromatic rings. The lowest BCUT2D eigenvalue weighted by Crippen LogP contribution is -2.25. The minimum absolute atomic E-state index is 0.820. The predicted molar refractivity (Wildman–Crippen MR) is 90.0 cm³/mol. The molecule has 7 heteroatoms. The van der Waals surface area contributed by atoms with Crippen LogP contribution in [0.5, 0.6) is 0 Å². The van der Waals surface area contributed by atoms with E-state index in [1.165, 1.54) is 37.0 Å². The van der Waals surface area contributed by atoms with E-state index in [4.69, 9.17) is 4.42 Å². The molecule has 4 rings (SSSR count). The maximum atomic E-state index is 5.30. The molecule has 3 aromatic heterocycles. The van der Waals surface area contributed by atoms with Gasteiger partial charge in [0, 0.05) is 0 Å². The Kier molecular flexibility index (Phi) is 4.21. The fourth-order valence-electron chi connectivity index (χ4n) is 2.87. The molecule has 0 spiro atoms. The molecular formula is C16H19N5OS. The third-order valence-electron chi connectivity index (χ3n) is 4.07. The first-order valence-corrected chi connectivity index (χ1v) is 8.85. The van der Waals surface area contributed by atoms with Crippen LogP contribution in [0.2, 0.25) is 0 Å². The molecule has 0 radical (unpaired) electrons. The fourth-order valence-corrected chi connectivity index (χ4v) is 3.63. The number of furan rings is 1. The number of likely N-dealkylation sites (tertiary alicyclic amines) is 1. The van der Waals surface area contributed by atoms with E-state index in [1.54, 1.807) is 6.26 Å². The summed E-state index contributed by atoms with van der Waals surface area (Å²) in [6.07, 6.45) is 10.8. The van der Waals surface area contributed by atoms with Gasteiger partial charge in [-0.1, -0.05) is 24.2 Å². The van der Waals surface area contributed by atoms with Crippen molar-refractivity contribution >= 4 is 28.4 Å². The van der Waals surface area contributed by atoms with Gasteiger partial charge < -0.3 is 4.42 Å². The summed E-state index contributed by atoms with van der Waals surface area (Å²) < 4.78 is 7.17. The Hall–Kier alpha value is -1.99. The second-order valence-electron chi connectivity index (χ2n) is 5.79. The molecule has 1 aliphatic rings. The van der Waals surface area contributed by atoms with E-state index in [0.29, 0.717) is 0 Å². The molecule has 1 aliphatic heterocycles. The first kappa shape index (κ1) is 14.6. The summed E-state index contributed by atoms with van der Waals surface area (Å²) in [7, 11) is 0. The summed E-state index contributed by atoms with van der Waals surface area (Å²) >= 11 is 1.54. The minimum atomic E-state index is 0.820. The van der Waals surface area contributed by atoms with Crippen LogP contribution in [0.1, 0.15) is 42.3 Å². The molecule has 4 heterocycles. The van der Waals surface area contributed by atoms with E-state index < -0.39 is 0 Å². The van der Waals surface area contributed by atoms with E-state index in [1.807, 2.05) is 28.8 Å². The third kappa shape index (κ3) is 3.35. The van der Waals surface area contributed by atoms with E-state index >= 15 is 0 Å². The van der Waals surface area contributed by atoms with Crippen molar-refractivity contribution in [3.63, 3.8) is 0 Å². The number of aromatic nitrogens is 4. The van der Waals surface area contributed by atoms with Gasteiger partial charge in [0.2, 0.25) is 4.96 Å². The van der Waals surface area contributed by atoms with Crippen LogP contribution < -0.4 is 0 Å². The van der Waals surface area contributed by atoms with Crippen molar-refractivity contribution < 1.29 is 4.42 Å². The average molecular weight is 329 g/mol. The zero-order valence-electron chi connectivity index (χ0n) is 12.9. The third-order valence-corrected chi connectivity index (χ3v) is 4.93. The molecule has 0 saturated carbocycles. The number of nitrogens with zero attached hydrogens (tertiary/aromatic N) is 5. The van der Waals surface area contributed by atoms with Gasteiger partial charge in [-0.15, -0.1) is 10.2 Å². The van der Waals surface area contributed by atoms with Crippen molar-refractivity contribution in [2.24, 2.45) is 0 Å². The molecule has 23 heavy (non-hydrogen) atoms. The van der Waals surface area contributed by atoms with Crippen LogP contribution in [0.3, 0.4) is 0 Å². The molecule has 1 fully saturated rings. The maximum Gasteiger partial charge on any atom is 0.235 e. The molecule has 1 saturated heterocycles. The predicted octanol–water partition coefficient (Wildman–Crippen LogP) is 3.33. The number of fused-ring (bicyclic) bond motifs is 1. The van der Waals surface area contributed by atoms with Crippen LogP contribution in [0.15, 0.2) is 22.8 Å². The Balaban J connectivity index is 1.52. The highest BCUT2D eigenvalue weighted by molar-refractivity contribution is 7.17. The lowest BCUT2D eigenvalue weighted by atomic mass is 10.2. The monoisotopic (exact) mass is 329 g/mol. The van der Waals surface area contributed by atoms with Gasteiger partial charge in [-0.25, -0.2) is 0 Å². The fraction of sp³-hybridized carbons (Fsp3) is 0.438. The minimum Gasteiger partial charge on any atom is -0.465 e. The van der Waals surface area contributed by atoms with Crippen molar-refractivity contribution in [2.45, 2.75) is 32.2 Å². The molecule has 0 bridgehead atoms. The standard InChI is InChI=1S/C16H19N5OS/c1-2-4-10-20(9-3-1)12-14-17-18-16-21(14)19-15(23-16)8-7-13-6-5-11-22-13/h5-8,11H,1-4,9-10,12H2. The van der Waals surface area contributed by atoms with E-state index in [2.05, 4.69) is 20.2 Å². The Morgan fingerprint density at radius 3 is 2.78 bits per heavy atom. The summed E-state index contributed by atoms with van der Waals surface area (Å²) in [5.41, 5.74) is 0. The smallest absolute Gasteiger partial charge is 0.235 e. The van der Waals surface area contributed by atoms with Crippen LogP contribution in [0, 0.1) is 0 Å². The van der Waals surface area contributed by atoms with Gasteiger partial charge in [-0.3, -0.25) is 4.90 Å². The molecule has 0 N–H and O–H groups in total. The van der Waals surface area contributed by atoms with Gasteiger partial charge in [0.25, 0.3) is 0 Å². The molecule has 0 unspecified atom stereocenters. The first-order chi connectivity index (χ1) is 11.4. The van der Waals surface area contributed by atoms with Crippen molar-refractivity contribution in [1.82, 2.24) is 24.7 Å². The Bertz CT molecular complexity index is 781. The molecule has 6 nitrogen and oxygen atoms in total. The normalized spacial score (nSPS) is 17.2. The lowest BCUT2D eigenvalue weighted by molar-refractivity contribution is 0.268. The highest BCUT2D eigenvalue weighted by Crippen LogP contribution is 2.18. The highest BCUT2D eigenvalue weighted by atomic mass is 32.1. The summed E-state index contributed by atoms with van der Waals surface area (Å²) in [6, 6.07) is 3.79. The van der Waals surface area contributed by atoms with Gasteiger partial charge in [-0.05, 0) is 50.2 Å². The van der Waals surface area contributed by atoms with Crippen LogP contribution in [0.25, 0.3) is 17.1 Å². The largest absolute Gasteiger partial charge is 0.465 e. The summed E-state index contributed by atoms with van der Waals surface area (Å²) in [4.78, 5) is 3.30. The van der Waals surface area contributed by atoms with Crippen LogP contribution in [-0.4, -0.2) is 37.8 Å². The highest BCUT2D eigenvalue weighted by Gasteiger charge is 2.15. The molecule has 120 valence electrons. The van der Waals surface area contributed by atoms with E-state index in [9.17, 15) is 0 Å². The van der Waals surface area contributed by atoms with Crippen molar-refractivity contribution in [3.05, 3.63) is 35.0 Å². The second kappa shape index (κ2) is 6.64. The molecular weight excluding hydrogens is 310 g/mol. The van der Waals surface area contributed by atoms with Crippen molar-refractivity contribution in [2.75, 3.05) is 13.1 Å². The Labute approximate surface area is 138 Å². The second-order valence-corrected chi connectivity index (χ2v) is 6.78. The zero-order chi connectivity index (χ0) is 15.5. The quantitative estimate of drug-likeness (QED) is 0.735. The van der Waals surface area contributed by atoms with Gasteiger partial charge >= 0.3 is 0 Å². The van der Waals surface area contributed by atoms with Gasteiger partial charge in [0.05, 0.1) is 12.8 Å². The average Bonchev–Trinajstić information content (AvgIpc) is 3.22. The van der Waals surface area contributed by atoms with Crippen LogP contribution in [0.4, 0.5) is 0 Å². The van der Waals surface area contributed by atoms with Crippen molar-refractivity contribution in [3.8, 4) is 0 Å². The number of hydrogen-bond donors (Lipinski definition) is 0. The Morgan fingerprint density at radius 1 is 1.13 bits per heavy atom. The van der Waals surface area contributed by atoms with E-state index in [0.717, 1.165) is 41.2 Å². The summed E-state index contributed by atoms with van der Waals surface area (Å²) in [5, 5.41) is 14.1. The van der Waals surface area contributed by atoms with Gasteiger partial charge in [-0.2, -0.15) is 9.61 Å². The summed E-state index contributed by atoms with van der Waals surface area (Å²) in [6.45, 7) is 3.11.